The molecule has 1 saturated carbocycles. The van der Waals surface area contributed by atoms with Gasteiger partial charge >= 0.3 is 0 Å². The van der Waals surface area contributed by atoms with Crippen LogP contribution in [0.3, 0.4) is 0 Å². The van der Waals surface area contributed by atoms with Crippen molar-refractivity contribution < 1.29 is 4.74 Å². The fourth-order valence-corrected chi connectivity index (χ4v) is 3.09. The van der Waals surface area contributed by atoms with Crippen LogP contribution in [-0.4, -0.2) is 6.10 Å². The summed E-state index contributed by atoms with van der Waals surface area (Å²) in [5.41, 5.74) is 1.27. The lowest BCUT2D eigenvalue weighted by Gasteiger charge is -2.32. The molecule has 1 unspecified atom stereocenters. The molecule has 0 radical (unpaired) electrons. The minimum atomic E-state index is 0.174. The van der Waals surface area contributed by atoms with Crippen LogP contribution in [0.5, 0.6) is 0 Å². The lowest BCUT2D eigenvalue weighted by Crippen LogP contribution is -2.26. The van der Waals surface area contributed by atoms with Crippen LogP contribution in [0.2, 0.25) is 0 Å². The molecule has 0 spiro atoms. The van der Waals surface area contributed by atoms with Crippen LogP contribution in [0, 0.1) is 5.92 Å². The van der Waals surface area contributed by atoms with Crippen molar-refractivity contribution in [3.63, 3.8) is 0 Å². The summed E-state index contributed by atoms with van der Waals surface area (Å²) in [6.45, 7) is 6.06. The van der Waals surface area contributed by atoms with Crippen LogP contribution in [0.15, 0.2) is 43.0 Å². The molecule has 1 heteroatoms. The zero-order valence-corrected chi connectivity index (χ0v) is 12.1. The maximum atomic E-state index is 6.35. The van der Waals surface area contributed by atoms with Crippen molar-refractivity contribution in [2.24, 2.45) is 5.92 Å². The molecule has 0 bridgehead atoms. The minimum absolute atomic E-state index is 0.174. The average Bonchev–Trinajstić information content (AvgIpc) is 2.48. The van der Waals surface area contributed by atoms with Gasteiger partial charge in [0, 0.05) is 0 Å². The standard InChI is InChI=1S/C18H26O/c1-3-10-18(17-13-8-5-9-14-17)19-15(2)16-11-6-4-7-12-16/h3-4,6-7,11-12,15,17-18H,1,5,8-10,13-14H2,2H3/t15-,18?/m1/s1. The quantitative estimate of drug-likeness (QED) is 0.630. The van der Waals surface area contributed by atoms with Gasteiger partial charge in [0.05, 0.1) is 12.2 Å². The van der Waals surface area contributed by atoms with Gasteiger partial charge in [0.1, 0.15) is 0 Å². The summed E-state index contributed by atoms with van der Waals surface area (Å²) in [7, 11) is 0. The van der Waals surface area contributed by atoms with Crippen molar-refractivity contribution in [1.29, 1.82) is 0 Å². The second-order valence-electron chi connectivity index (χ2n) is 5.65. The van der Waals surface area contributed by atoms with E-state index < -0.39 is 0 Å². The molecule has 1 aliphatic rings. The highest BCUT2D eigenvalue weighted by molar-refractivity contribution is 5.16. The van der Waals surface area contributed by atoms with Crippen LogP contribution < -0.4 is 0 Å². The van der Waals surface area contributed by atoms with Crippen molar-refractivity contribution in [2.45, 2.75) is 57.7 Å². The second kappa shape index (κ2) is 7.49. The fraction of sp³-hybridized carbons (Fsp3) is 0.556. The zero-order valence-electron chi connectivity index (χ0n) is 12.1. The lowest BCUT2D eigenvalue weighted by molar-refractivity contribution is -0.0428. The predicted molar refractivity (Wildman–Crippen MR) is 81.1 cm³/mol. The Hall–Kier alpha value is -1.08. The van der Waals surface area contributed by atoms with Crippen molar-refractivity contribution in [2.75, 3.05) is 0 Å². The smallest absolute Gasteiger partial charge is 0.0800 e. The maximum absolute atomic E-state index is 6.35. The minimum Gasteiger partial charge on any atom is -0.370 e. The normalized spacial score (nSPS) is 19.8. The molecule has 0 N–H and O–H groups in total. The second-order valence-corrected chi connectivity index (χ2v) is 5.65. The first-order valence-electron chi connectivity index (χ1n) is 7.62. The van der Waals surface area contributed by atoms with E-state index in [1.807, 2.05) is 6.08 Å². The SMILES string of the molecule is C=CCC(O[C@H](C)c1ccccc1)C1CCCCC1. The molecule has 0 saturated heterocycles. The van der Waals surface area contributed by atoms with Gasteiger partial charge < -0.3 is 4.74 Å². The Balaban J connectivity index is 1.97. The van der Waals surface area contributed by atoms with Gasteiger partial charge in [-0.1, -0.05) is 55.7 Å². The third-order valence-electron chi connectivity index (χ3n) is 4.22. The molecule has 2 atom stereocenters. The fourth-order valence-electron chi connectivity index (χ4n) is 3.09. The molecule has 1 aromatic carbocycles. The van der Waals surface area contributed by atoms with Crippen LogP contribution in [0.4, 0.5) is 0 Å². The zero-order chi connectivity index (χ0) is 13.5. The Morgan fingerprint density at radius 1 is 1.21 bits per heavy atom. The Labute approximate surface area is 117 Å². The summed E-state index contributed by atoms with van der Waals surface area (Å²) in [5, 5.41) is 0. The van der Waals surface area contributed by atoms with Gasteiger partial charge in [-0.2, -0.15) is 0 Å². The van der Waals surface area contributed by atoms with Gasteiger partial charge in [-0.3, -0.25) is 0 Å². The summed E-state index contributed by atoms with van der Waals surface area (Å²) in [6, 6.07) is 10.5. The molecule has 1 aliphatic carbocycles. The molecule has 1 aromatic rings. The summed E-state index contributed by atoms with van der Waals surface area (Å²) >= 11 is 0. The Morgan fingerprint density at radius 3 is 2.53 bits per heavy atom. The van der Waals surface area contributed by atoms with Gasteiger partial charge in [-0.05, 0) is 37.7 Å². The van der Waals surface area contributed by atoms with Crippen LogP contribution in [-0.2, 0) is 4.74 Å². The molecule has 0 aliphatic heterocycles. The first-order chi connectivity index (χ1) is 9.31. The highest BCUT2D eigenvalue weighted by Crippen LogP contribution is 2.32. The average molecular weight is 258 g/mol. The van der Waals surface area contributed by atoms with Crippen molar-refractivity contribution in [1.82, 2.24) is 0 Å². The van der Waals surface area contributed by atoms with Crippen molar-refractivity contribution in [3.05, 3.63) is 48.6 Å². The van der Waals surface area contributed by atoms with E-state index in [-0.39, 0.29) is 6.10 Å². The van der Waals surface area contributed by atoms with E-state index in [1.54, 1.807) is 0 Å². The molecule has 104 valence electrons. The summed E-state index contributed by atoms with van der Waals surface area (Å²) < 4.78 is 6.35. The summed E-state index contributed by atoms with van der Waals surface area (Å²) in [6.07, 6.45) is 10.3. The number of ether oxygens (including phenoxy) is 1. The summed E-state index contributed by atoms with van der Waals surface area (Å²) in [5.74, 6) is 0.720. The number of hydrogen-bond acceptors (Lipinski definition) is 1. The molecule has 19 heavy (non-hydrogen) atoms. The lowest BCUT2D eigenvalue weighted by atomic mass is 9.84. The van der Waals surface area contributed by atoms with Crippen LogP contribution >= 0.6 is 0 Å². The van der Waals surface area contributed by atoms with Gasteiger partial charge in [0.15, 0.2) is 0 Å². The van der Waals surface area contributed by atoms with Crippen LogP contribution in [0.1, 0.15) is 57.1 Å². The first kappa shape index (κ1) is 14.3. The van der Waals surface area contributed by atoms with E-state index in [9.17, 15) is 0 Å². The first-order valence-corrected chi connectivity index (χ1v) is 7.62. The number of hydrogen-bond donors (Lipinski definition) is 0. The topological polar surface area (TPSA) is 9.23 Å². The van der Waals surface area contributed by atoms with Crippen molar-refractivity contribution in [3.8, 4) is 0 Å². The highest BCUT2D eigenvalue weighted by atomic mass is 16.5. The van der Waals surface area contributed by atoms with Crippen molar-refractivity contribution >= 4 is 0 Å². The molecule has 1 fully saturated rings. The predicted octanol–water partition coefficient (Wildman–Crippen LogP) is 5.29. The molecular formula is C18H26O. The molecular weight excluding hydrogens is 232 g/mol. The highest BCUT2D eigenvalue weighted by Gasteiger charge is 2.25. The molecule has 2 rings (SSSR count). The van der Waals surface area contributed by atoms with Gasteiger partial charge in [0.25, 0.3) is 0 Å². The van der Waals surface area contributed by atoms with Gasteiger partial charge in [0.2, 0.25) is 0 Å². The van der Waals surface area contributed by atoms with Gasteiger partial charge in [-0.25, -0.2) is 0 Å². The van der Waals surface area contributed by atoms with E-state index in [1.165, 1.54) is 37.7 Å². The Kier molecular flexibility index (Phi) is 5.65. The van der Waals surface area contributed by atoms with E-state index in [4.69, 9.17) is 4.74 Å². The summed E-state index contributed by atoms with van der Waals surface area (Å²) in [4.78, 5) is 0. The Bertz CT molecular complexity index is 365. The third-order valence-corrected chi connectivity index (χ3v) is 4.22. The molecule has 1 nitrogen and oxygen atoms in total. The van der Waals surface area contributed by atoms with E-state index in [0.717, 1.165) is 12.3 Å². The van der Waals surface area contributed by atoms with E-state index >= 15 is 0 Å². The molecule has 0 amide bonds. The number of rotatable bonds is 6. The van der Waals surface area contributed by atoms with E-state index in [2.05, 4.69) is 43.8 Å². The largest absolute Gasteiger partial charge is 0.370 e. The van der Waals surface area contributed by atoms with E-state index in [0.29, 0.717) is 6.10 Å². The molecule has 0 heterocycles. The Morgan fingerprint density at radius 2 is 1.89 bits per heavy atom. The third kappa shape index (κ3) is 4.21. The van der Waals surface area contributed by atoms with Gasteiger partial charge in [-0.15, -0.1) is 6.58 Å². The maximum Gasteiger partial charge on any atom is 0.0800 e. The monoisotopic (exact) mass is 258 g/mol. The molecule has 0 aromatic heterocycles. The number of benzene rings is 1. The van der Waals surface area contributed by atoms with Crippen LogP contribution in [0.25, 0.3) is 0 Å².